The van der Waals surface area contributed by atoms with Crippen molar-refractivity contribution in [3.8, 4) is 17.2 Å². The molecular formula is C22H22F3NO4. The quantitative estimate of drug-likeness (QED) is 0.702. The Balaban J connectivity index is 1.72. The number of nitrogens with zero attached hydrogens (tertiary/aromatic N) is 1. The molecule has 2 atom stereocenters. The van der Waals surface area contributed by atoms with Crippen LogP contribution in [0, 0.1) is 0 Å². The van der Waals surface area contributed by atoms with Crippen LogP contribution in [0.1, 0.15) is 34.6 Å². The molecule has 2 unspecified atom stereocenters. The van der Waals surface area contributed by atoms with E-state index in [1.54, 1.807) is 6.08 Å². The standard InChI is InChI=1S/C22H22F3NO4/c1-26-9-8-14(16(26)11-27)20-18(29)10-17(28)15-6-7-19(30-21(15)20)12-2-4-13(5-3-12)22(23,24)25/h2-5,7,10,14,16,27-29H,6,8-9,11H2,1H3. The van der Waals surface area contributed by atoms with Crippen molar-refractivity contribution in [1.29, 1.82) is 0 Å². The van der Waals surface area contributed by atoms with Crippen molar-refractivity contribution in [2.75, 3.05) is 20.2 Å². The number of alkyl halides is 3. The highest BCUT2D eigenvalue weighted by Gasteiger charge is 2.38. The SMILES string of the molecule is CN1CCC(c2c(O)cc(O)c3c2OC(c2ccc(C(F)(F)F)cc2)=CC3)C1CO. The molecule has 0 aliphatic carbocycles. The minimum absolute atomic E-state index is 0.0993. The molecule has 0 amide bonds. The van der Waals surface area contributed by atoms with Crippen LogP contribution >= 0.6 is 0 Å². The average Bonchev–Trinajstić information content (AvgIpc) is 3.07. The molecule has 2 aromatic rings. The maximum Gasteiger partial charge on any atom is 0.416 e. The van der Waals surface area contributed by atoms with Crippen molar-refractivity contribution in [3.63, 3.8) is 0 Å². The summed E-state index contributed by atoms with van der Waals surface area (Å²) >= 11 is 0. The summed E-state index contributed by atoms with van der Waals surface area (Å²) in [5.41, 5.74) is 0.719. The van der Waals surface area contributed by atoms with Crippen LogP contribution in [0.2, 0.25) is 0 Å². The van der Waals surface area contributed by atoms with Gasteiger partial charge in [-0.2, -0.15) is 13.2 Å². The number of phenolic OH excluding ortho intramolecular Hbond substituents is 2. The molecule has 8 heteroatoms. The molecule has 2 aliphatic heterocycles. The van der Waals surface area contributed by atoms with Gasteiger partial charge in [-0.25, -0.2) is 0 Å². The Bertz CT molecular complexity index is 985. The highest BCUT2D eigenvalue weighted by molar-refractivity contribution is 5.70. The van der Waals surface area contributed by atoms with Gasteiger partial charge in [-0.1, -0.05) is 12.1 Å². The lowest BCUT2D eigenvalue weighted by Crippen LogP contribution is -2.32. The number of likely N-dealkylation sites (tertiary alicyclic amines) is 1. The first-order valence-electron chi connectivity index (χ1n) is 9.65. The van der Waals surface area contributed by atoms with Gasteiger partial charge in [0.1, 0.15) is 23.0 Å². The van der Waals surface area contributed by atoms with Crippen LogP contribution in [0.5, 0.6) is 17.2 Å². The number of benzene rings is 2. The first-order chi connectivity index (χ1) is 14.2. The zero-order valence-corrected chi connectivity index (χ0v) is 16.3. The third-order valence-electron chi connectivity index (χ3n) is 5.96. The van der Waals surface area contributed by atoms with E-state index in [2.05, 4.69) is 0 Å². The smallest absolute Gasteiger partial charge is 0.416 e. The lowest BCUT2D eigenvalue weighted by molar-refractivity contribution is -0.137. The summed E-state index contributed by atoms with van der Waals surface area (Å²) in [6.45, 7) is 0.629. The number of halogens is 3. The van der Waals surface area contributed by atoms with Crippen molar-refractivity contribution in [3.05, 3.63) is 58.7 Å². The lowest BCUT2D eigenvalue weighted by atomic mass is 9.87. The van der Waals surface area contributed by atoms with Crippen LogP contribution in [-0.2, 0) is 12.6 Å². The second-order valence-corrected chi connectivity index (χ2v) is 7.71. The van der Waals surface area contributed by atoms with Crippen molar-refractivity contribution in [2.45, 2.75) is 31.0 Å². The van der Waals surface area contributed by atoms with E-state index in [0.29, 0.717) is 41.0 Å². The minimum atomic E-state index is -4.43. The first-order valence-corrected chi connectivity index (χ1v) is 9.65. The fraction of sp³-hybridized carbons (Fsp3) is 0.364. The van der Waals surface area contributed by atoms with E-state index in [1.165, 1.54) is 18.2 Å². The van der Waals surface area contributed by atoms with Gasteiger partial charge in [0.05, 0.1) is 12.2 Å². The Morgan fingerprint density at radius 3 is 2.47 bits per heavy atom. The number of hydrogen-bond donors (Lipinski definition) is 3. The van der Waals surface area contributed by atoms with Crippen molar-refractivity contribution >= 4 is 5.76 Å². The molecule has 0 bridgehead atoms. The number of rotatable bonds is 3. The summed E-state index contributed by atoms with van der Waals surface area (Å²) in [7, 11) is 1.89. The Morgan fingerprint density at radius 1 is 1.13 bits per heavy atom. The summed E-state index contributed by atoms with van der Waals surface area (Å²) < 4.78 is 44.6. The molecule has 2 aliphatic rings. The predicted octanol–water partition coefficient (Wildman–Crippen LogP) is 3.87. The number of likely N-dealkylation sites (N-methyl/N-ethyl adjacent to an activating group) is 1. The Morgan fingerprint density at radius 2 is 1.83 bits per heavy atom. The second-order valence-electron chi connectivity index (χ2n) is 7.71. The van der Waals surface area contributed by atoms with E-state index in [0.717, 1.165) is 18.7 Å². The summed E-state index contributed by atoms with van der Waals surface area (Å²) in [6.07, 6.45) is -1.74. The first kappa shape index (κ1) is 20.6. The van der Waals surface area contributed by atoms with Crippen molar-refractivity contribution < 1.29 is 33.2 Å². The number of aromatic hydroxyl groups is 2. The van der Waals surface area contributed by atoms with Crippen LogP contribution in [0.15, 0.2) is 36.4 Å². The minimum Gasteiger partial charge on any atom is -0.507 e. The summed E-state index contributed by atoms with van der Waals surface area (Å²) in [4.78, 5) is 2.00. The highest BCUT2D eigenvalue weighted by Crippen LogP contribution is 2.49. The molecule has 0 saturated carbocycles. The molecule has 160 valence electrons. The second kappa shape index (κ2) is 7.52. The van der Waals surface area contributed by atoms with Crippen molar-refractivity contribution in [1.82, 2.24) is 4.90 Å². The molecule has 2 heterocycles. The van der Waals surface area contributed by atoms with Gasteiger partial charge in [0.2, 0.25) is 0 Å². The fourth-order valence-electron chi connectivity index (χ4n) is 4.32. The van der Waals surface area contributed by atoms with E-state index in [-0.39, 0.29) is 30.1 Å². The maximum atomic E-state index is 12.8. The van der Waals surface area contributed by atoms with E-state index in [4.69, 9.17) is 4.74 Å². The molecule has 30 heavy (non-hydrogen) atoms. The van der Waals surface area contributed by atoms with E-state index in [1.807, 2.05) is 11.9 Å². The molecule has 4 rings (SSSR count). The van der Waals surface area contributed by atoms with Crippen LogP contribution in [-0.4, -0.2) is 46.5 Å². The van der Waals surface area contributed by atoms with E-state index >= 15 is 0 Å². The third kappa shape index (κ3) is 3.50. The van der Waals surface area contributed by atoms with Crippen LogP contribution in [0.4, 0.5) is 13.2 Å². The summed E-state index contributed by atoms with van der Waals surface area (Å²) in [5, 5.41) is 30.7. The molecule has 0 aromatic heterocycles. The Kier molecular flexibility index (Phi) is 5.15. The van der Waals surface area contributed by atoms with Gasteiger partial charge in [-0.15, -0.1) is 0 Å². The van der Waals surface area contributed by atoms with Gasteiger partial charge in [0, 0.05) is 41.1 Å². The molecule has 0 spiro atoms. The molecule has 3 N–H and O–H groups in total. The maximum absolute atomic E-state index is 12.8. The van der Waals surface area contributed by atoms with Gasteiger partial charge in [0.15, 0.2) is 0 Å². The van der Waals surface area contributed by atoms with Gasteiger partial charge in [-0.3, -0.25) is 0 Å². The van der Waals surface area contributed by atoms with Crippen LogP contribution in [0.3, 0.4) is 0 Å². The van der Waals surface area contributed by atoms with E-state index in [9.17, 15) is 28.5 Å². The average molecular weight is 421 g/mol. The Hall–Kier alpha value is -2.71. The molecular weight excluding hydrogens is 399 g/mol. The van der Waals surface area contributed by atoms with Gasteiger partial charge >= 0.3 is 6.18 Å². The normalized spacial score (nSPS) is 21.8. The highest BCUT2D eigenvalue weighted by atomic mass is 19.4. The fourth-order valence-corrected chi connectivity index (χ4v) is 4.32. The van der Waals surface area contributed by atoms with Crippen LogP contribution < -0.4 is 4.74 Å². The molecule has 0 radical (unpaired) electrons. The van der Waals surface area contributed by atoms with Gasteiger partial charge < -0.3 is 25.0 Å². The topological polar surface area (TPSA) is 73.2 Å². The van der Waals surface area contributed by atoms with Crippen molar-refractivity contribution in [2.24, 2.45) is 0 Å². The number of aliphatic hydroxyl groups excluding tert-OH is 1. The number of allylic oxidation sites excluding steroid dienone is 1. The number of aliphatic hydroxyl groups is 1. The third-order valence-corrected chi connectivity index (χ3v) is 5.96. The summed E-state index contributed by atoms with van der Waals surface area (Å²) in [5.74, 6) is 0.221. The predicted molar refractivity (Wildman–Crippen MR) is 104 cm³/mol. The summed E-state index contributed by atoms with van der Waals surface area (Å²) in [6, 6.07) is 5.71. The largest absolute Gasteiger partial charge is 0.507 e. The Labute approximate surface area is 171 Å². The molecule has 2 aromatic carbocycles. The van der Waals surface area contributed by atoms with Gasteiger partial charge in [-0.05, 0) is 38.2 Å². The number of hydrogen-bond acceptors (Lipinski definition) is 5. The van der Waals surface area contributed by atoms with Crippen LogP contribution in [0.25, 0.3) is 5.76 Å². The number of fused-ring (bicyclic) bond motifs is 1. The molecule has 5 nitrogen and oxygen atoms in total. The van der Waals surface area contributed by atoms with Gasteiger partial charge in [0.25, 0.3) is 0 Å². The molecule has 1 fully saturated rings. The van der Waals surface area contributed by atoms with E-state index < -0.39 is 11.7 Å². The zero-order valence-electron chi connectivity index (χ0n) is 16.3. The zero-order chi connectivity index (χ0) is 21.6. The number of ether oxygens (including phenoxy) is 1. The lowest BCUT2D eigenvalue weighted by Gasteiger charge is -2.28. The monoisotopic (exact) mass is 421 g/mol. The molecule has 1 saturated heterocycles. The number of phenols is 2.